The highest BCUT2D eigenvalue weighted by Gasteiger charge is 2.13. The van der Waals surface area contributed by atoms with Crippen LogP contribution in [0.2, 0.25) is 5.02 Å². The van der Waals surface area contributed by atoms with Crippen molar-refractivity contribution in [3.63, 3.8) is 0 Å². The molecule has 0 saturated heterocycles. The molecule has 0 aliphatic carbocycles. The Hall–Kier alpha value is -3.32. The minimum absolute atomic E-state index is 0.151. The van der Waals surface area contributed by atoms with Gasteiger partial charge in [-0.15, -0.1) is 0 Å². The predicted octanol–water partition coefficient (Wildman–Crippen LogP) is 3.88. The number of nitrogens with one attached hydrogen (secondary N) is 1. The zero-order valence-corrected chi connectivity index (χ0v) is 18.0. The standard InChI is InChI=1S/C23H22ClNO6/c1-3-14-9-20-18(11-19(14)24)16(10-21(26)31-20)13-30-22(27)12-25-23(28)15-5-7-17(8-6-15)29-4-2/h5-11H,3-4,12-13H2,1-2H3,(H,25,28). The lowest BCUT2D eigenvalue weighted by Gasteiger charge is -2.10. The molecule has 1 aromatic heterocycles. The lowest BCUT2D eigenvalue weighted by atomic mass is 10.1. The van der Waals surface area contributed by atoms with Crippen LogP contribution in [0.15, 0.2) is 51.7 Å². The van der Waals surface area contributed by atoms with Crippen molar-refractivity contribution in [3.8, 4) is 5.75 Å². The van der Waals surface area contributed by atoms with Gasteiger partial charge in [-0.2, -0.15) is 0 Å². The summed E-state index contributed by atoms with van der Waals surface area (Å²) in [6.07, 6.45) is 0.686. The first-order chi connectivity index (χ1) is 14.9. The quantitative estimate of drug-likeness (QED) is 0.419. The van der Waals surface area contributed by atoms with E-state index in [0.717, 1.165) is 5.56 Å². The average Bonchev–Trinajstić information content (AvgIpc) is 2.76. The van der Waals surface area contributed by atoms with Gasteiger partial charge in [0.25, 0.3) is 5.91 Å². The highest BCUT2D eigenvalue weighted by molar-refractivity contribution is 6.32. The van der Waals surface area contributed by atoms with E-state index in [1.54, 1.807) is 36.4 Å². The third-order valence-corrected chi connectivity index (χ3v) is 4.94. The Labute approximate surface area is 183 Å². The molecule has 0 radical (unpaired) electrons. The first-order valence-corrected chi connectivity index (χ1v) is 10.2. The van der Waals surface area contributed by atoms with Crippen LogP contribution in [-0.4, -0.2) is 25.0 Å². The van der Waals surface area contributed by atoms with Gasteiger partial charge in [-0.05, 0) is 55.3 Å². The Morgan fingerprint density at radius 3 is 2.48 bits per heavy atom. The summed E-state index contributed by atoms with van der Waals surface area (Å²) >= 11 is 6.26. The summed E-state index contributed by atoms with van der Waals surface area (Å²) < 4.78 is 15.8. The van der Waals surface area contributed by atoms with Gasteiger partial charge in [0.15, 0.2) is 0 Å². The van der Waals surface area contributed by atoms with Gasteiger partial charge in [-0.1, -0.05) is 18.5 Å². The van der Waals surface area contributed by atoms with Crippen molar-refractivity contribution < 1.29 is 23.5 Å². The largest absolute Gasteiger partial charge is 0.494 e. The van der Waals surface area contributed by atoms with Crippen molar-refractivity contribution in [3.05, 3.63) is 74.6 Å². The van der Waals surface area contributed by atoms with Gasteiger partial charge in [-0.3, -0.25) is 9.59 Å². The molecule has 0 aliphatic heterocycles. The van der Waals surface area contributed by atoms with Crippen LogP contribution in [-0.2, 0) is 22.6 Å². The minimum atomic E-state index is -0.642. The summed E-state index contributed by atoms with van der Waals surface area (Å²) in [7, 11) is 0. The highest BCUT2D eigenvalue weighted by atomic mass is 35.5. The lowest BCUT2D eigenvalue weighted by Crippen LogP contribution is -2.30. The number of amides is 1. The van der Waals surface area contributed by atoms with Gasteiger partial charge in [0.2, 0.25) is 0 Å². The first-order valence-electron chi connectivity index (χ1n) is 9.83. The Morgan fingerprint density at radius 1 is 1.06 bits per heavy atom. The summed E-state index contributed by atoms with van der Waals surface area (Å²) in [4.78, 5) is 36.1. The number of carbonyl (C=O) groups is 2. The SMILES string of the molecule is CCOc1ccc(C(=O)NCC(=O)OCc2cc(=O)oc3cc(CC)c(Cl)cc23)cc1. The van der Waals surface area contributed by atoms with E-state index in [2.05, 4.69) is 5.32 Å². The molecule has 0 atom stereocenters. The fourth-order valence-electron chi connectivity index (χ4n) is 3.01. The molecule has 0 bridgehead atoms. The molecule has 8 heteroatoms. The van der Waals surface area contributed by atoms with Crippen LogP contribution in [0.5, 0.6) is 5.75 Å². The van der Waals surface area contributed by atoms with E-state index in [-0.39, 0.29) is 13.2 Å². The second-order valence-electron chi connectivity index (χ2n) is 6.68. The number of benzene rings is 2. The Bertz CT molecular complexity index is 1150. The maximum Gasteiger partial charge on any atom is 0.336 e. The van der Waals surface area contributed by atoms with Gasteiger partial charge in [-0.25, -0.2) is 4.79 Å². The predicted molar refractivity (Wildman–Crippen MR) is 117 cm³/mol. The molecule has 0 spiro atoms. The molecular formula is C23H22ClNO6. The van der Waals surface area contributed by atoms with Crippen molar-refractivity contribution in [1.29, 1.82) is 0 Å². The molecule has 162 valence electrons. The molecule has 0 fully saturated rings. The molecule has 1 amide bonds. The van der Waals surface area contributed by atoms with E-state index in [4.69, 9.17) is 25.5 Å². The van der Waals surface area contributed by atoms with Crippen molar-refractivity contribution in [2.75, 3.05) is 13.2 Å². The molecule has 1 heterocycles. The maximum absolute atomic E-state index is 12.2. The van der Waals surface area contributed by atoms with Gasteiger partial charge in [0.1, 0.15) is 24.5 Å². The van der Waals surface area contributed by atoms with E-state index in [1.165, 1.54) is 6.07 Å². The molecule has 1 N–H and O–H groups in total. The summed E-state index contributed by atoms with van der Waals surface area (Å²) in [5.41, 5.74) is 1.55. The number of hydrogen-bond acceptors (Lipinski definition) is 6. The Balaban J connectivity index is 1.61. The molecule has 3 rings (SSSR count). The van der Waals surface area contributed by atoms with Crippen molar-refractivity contribution in [2.24, 2.45) is 0 Å². The summed E-state index contributed by atoms with van der Waals surface area (Å²) in [6.45, 7) is 3.88. The topological polar surface area (TPSA) is 94.8 Å². The molecule has 7 nitrogen and oxygen atoms in total. The van der Waals surface area contributed by atoms with Crippen LogP contribution < -0.4 is 15.7 Å². The number of aryl methyl sites for hydroxylation is 1. The van der Waals surface area contributed by atoms with E-state index in [0.29, 0.717) is 45.9 Å². The Kier molecular flexibility index (Phi) is 7.31. The van der Waals surface area contributed by atoms with Gasteiger partial charge in [0, 0.05) is 27.6 Å². The van der Waals surface area contributed by atoms with Gasteiger partial charge < -0.3 is 19.2 Å². The number of halogens is 1. The van der Waals surface area contributed by atoms with Crippen molar-refractivity contribution in [1.82, 2.24) is 5.32 Å². The zero-order valence-electron chi connectivity index (χ0n) is 17.2. The third kappa shape index (κ3) is 5.64. The van der Waals surface area contributed by atoms with Crippen LogP contribution in [0.4, 0.5) is 0 Å². The lowest BCUT2D eigenvalue weighted by molar-refractivity contribution is -0.143. The number of fused-ring (bicyclic) bond motifs is 1. The minimum Gasteiger partial charge on any atom is -0.494 e. The zero-order chi connectivity index (χ0) is 22.4. The van der Waals surface area contributed by atoms with E-state index in [9.17, 15) is 14.4 Å². The summed E-state index contributed by atoms with van der Waals surface area (Å²) in [5, 5.41) is 3.64. The molecular weight excluding hydrogens is 422 g/mol. The number of rotatable bonds is 8. The van der Waals surface area contributed by atoms with E-state index >= 15 is 0 Å². The normalized spacial score (nSPS) is 10.7. The van der Waals surface area contributed by atoms with E-state index in [1.807, 2.05) is 13.8 Å². The second-order valence-corrected chi connectivity index (χ2v) is 7.09. The molecule has 0 aliphatic rings. The molecule has 3 aromatic rings. The van der Waals surface area contributed by atoms with Gasteiger partial charge in [0.05, 0.1) is 6.61 Å². The number of hydrogen-bond donors (Lipinski definition) is 1. The molecule has 0 saturated carbocycles. The van der Waals surface area contributed by atoms with E-state index < -0.39 is 17.5 Å². The fraction of sp³-hybridized carbons (Fsp3) is 0.261. The van der Waals surface area contributed by atoms with Crippen LogP contribution >= 0.6 is 11.6 Å². The molecule has 0 unspecified atom stereocenters. The fourth-order valence-corrected chi connectivity index (χ4v) is 3.31. The number of ether oxygens (including phenoxy) is 2. The highest BCUT2D eigenvalue weighted by Crippen LogP contribution is 2.26. The number of esters is 1. The van der Waals surface area contributed by atoms with Crippen LogP contribution in [0.25, 0.3) is 11.0 Å². The van der Waals surface area contributed by atoms with Crippen LogP contribution in [0, 0.1) is 0 Å². The van der Waals surface area contributed by atoms with Crippen LogP contribution in [0.3, 0.4) is 0 Å². The Morgan fingerprint density at radius 2 is 1.81 bits per heavy atom. The summed E-state index contributed by atoms with van der Waals surface area (Å²) in [5.74, 6) is -0.397. The third-order valence-electron chi connectivity index (χ3n) is 4.59. The summed E-state index contributed by atoms with van der Waals surface area (Å²) in [6, 6.07) is 11.2. The number of carbonyl (C=O) groups excluding carboxylic acids is 2. The first kappa shape index (κ1) is 22.4. The molecule has 31 heavy (non-hydrogen) atoms. The monoisotopic (exact) mass is 443 g/mol. The van der Waals surface area contributed by atoms with Crippen molar-refractivity contribution in [2.45, 2.75) is 26.9 Å². The maximum atomic E-state index is 12.2. The van der Waals surface area contributed by atoms with Crippen LogP contribution in [0.1, 0.15) is 35.3 Å². The van der Waals surface area contributed by atoms with Gasteiger partial charge >= 0.3 is 11.6 Å². The van der Waals surface area contributed by atoms with Crippen molar-refractivity contribution >= 4 is 34.4 Å². The molecule has 2 aromatic carbocycles. The average molecular weight is 444 g/mol. The smallest absolute Gasteiger partial charge is 0.336 e. The second kappa shape index (κ2) is 10.1.